The molecule has 0 bridgehead atoms. The molecule has 1 saturated heterocycles. The number of rotatable bonds is 0. The number of hydrogen-bond donors (Lipinski definition) is 0. The van der Waals surface area contributed by atoms with Crippen LogP contribution in [0.3, 0.4) is 0 Å². The van der Waals surface area contributed by atoms with E-state index in [1.807, 2.05) is 0 Å². The molecule has 4 aliphatic carbocycles. The van der Waals surface area contributed by atoms with Crippen molar-refractivity contribution in [2.75, 3.05) is 0 Å². The van der Waals surface area contributed by atoms with E-state index in [-0.39, 0.29) is 23.0 Å². The zero-order valence-corrected chi connectivity index (χ0v) is 16.8. The summed E-state index contributed by atoms with van der Waals surface area (Å²) in [7, 11) is 0. The lowest BCUT2D eigenvalue weighted by Gasteiger charge is -2.62. The third-order valence-electron chi connectivity index (χ3n) is 9.31. The number of fused-ring (bicyclic) bond motifs is 8. The van der Waals surface area contributed by atoms with E-state index in [1.54, 1.807) is 0 Å². The molecular weight excluding hydrogens is 324 g/mol. The minimum absolute atomic E-state index is 0.0803. The first-order chi connectivity index (χ1) is 12.2. The Morgan fingerprint density at radius 3 is 2.42 bits per heavy atom. The Morgan fingerprint density at radius 2 is 1.65 bits per heavy atom. The van der Waals surface area contributed by atoms with E-state index < -0.39 is 5.79 Å². The molecule has 1 aliphatic heterocycles. The standard InChI is InChI=1S/C23H34O3/c1-13-6-7-15-18-16(9-11-22(13,15)4)23(5)10-8-14(24)12-17(23)19-20(18)26-21(2,3)25-19/h15-20H,1,6-12H2,2-5H3/t15?,16-,17?,18?,19+,20?,22?,23?/m0/s1. The molecule has 0 aromatic rings. The van der Waals surface area contributed by atoms with Crippen molar-refractivity contribution in [3.63, 3.8) is 0 Å². The van der Waals surface area contributed by atoms with Gasteiger partial charge in [-0.15, -0.1) is 0 Å². The molecule has 3 nitrogen and oxygen atoms in total. The highest BCUT2D eigenvalue weighted by Crippen LogP contribution is 2.68. The van der Waals surface area contributed by atoms with E-state index in [4.69, 9.17) is 9.47 Å². The average Bonchev–Trinajstić information content (AvgIpc) is 3.05. The first-order valence-corrected chi connectivity index (χ1v) is 10.7. The molecule has 144 valence electrons. The van der Waals surface area contributed by atoms with E-state index in [1.165, 1.54) is 31.3 Å². The van der Waals surface area contributed by atoms with Crippen molar-refractivity contribution in [2.24, 2.45) is 34.5 Å². The summed E-state index contributed by atoms with van der Waals surface area (Å²) in [6.45, 7) is 13.5. The first-order valence-electron chi connectivity index (χ1n) is 10.7. The molecule has 6 unspecified atom stereocenters. The normalized spacial score (nSPS) is 55.1. The van der Waals surface area contributed by atoms with Gasteiger partial charge in [-0.25, -0.2) is 0 Å². The predicted molar refractivity (Wildman–Crippen MR) is 100 cm³/mol. The summed E-state index contributed by atoms with van der Waals surface area (Å²) in [6.07, 6.45) is 7.65. The van der Waals surface area contributed by atoms with Gasteiger partial charge in [-0.3, -0.25) is 4.79 Å². The van der Waals surface area contributed by atoms with Crippen LogP contribution in [-0.4, -0.2) is 23.8 Å². The molecule has 0 amide bonds. The second-order valence-corrected chi connectivity index (χ2v) is 10.8. The van der Waals surface area contributed by atoms with Crippen LogP contribution in [0.25, 0.3) is 0 Å². The van der Waals surface area contributed by atoms with E-state index >= 15 is 0 Å². The first kappa shape index (κ1) is 17.4. The van der Waals surface area contributed by atoms with Crippen LogP contribution in [0.2, 0.25) is 0 Å². The lowest BCUT2D eigenvalue weighted by atomic mass is 9.44. The minimum atomic E-state index is -0.533. The Balaban J connectivity index is 1.61. The van der Waals surface area contributed by atoms with Crippen LogP contribution in [0.4, 0.5) is 0 Å². The fourth-order valence-electron chi connectivity index (χ4n) is 7.88. The molecule has 5 aliphatic rings. The van der Waals surface area contributed by atoms with Gasteiger partial charge in [0.15, 0.2) is 5.79 Å². The van der Waals surface area contributed by atoms with Gasteiger partial charge in [0.2, 0.25) is 0 Å². The molecule has 0 radical (unpaired) electrons. The zero-order chi connectivity index (χ0) is 18.5. The second-order valence-electron chi connectivity index (χ2n) is 10.8. The summed E-state index contributed by atoms with van der Waals surface area (Å²) in [5.74, 6) is 2.08. The summed E-state index contributed by atoms with van der Waals surface area (Å²) in [6, 6.07) is 0. The van der Waals surface area contributed by atoms with Gasteiger partial charge >= 0.3 is 0 Å². The topological polar surface area (TPSA) is 35.5 Å². The van der Waals surface area contributed by atoms with Gasteiger partial charge in [0.1, 0.15) is 5.78 Å². The van der Waals surface area contributed by atoms with Crippen LogP contribution >= 0.6 is 0 Å². The van der Waals surface area contributed by atoms with E-state index in [9.17, 15) is 4.79 Å². The van der Waals surface area contributed by atoms with Crippen LogP contribution < -0.4 is 0 Å². The number of carbonyl (C=O) groups is 1. The molecule has 0 aromatic heterocycles. The van der Waals surface area contributed by atoms with Crippen molar-refractivity contribution in [1.82, 2.24) is 0 Å². The third-order valence-corrected chi connectivity index (χ3v) is 9.31. The SMILES string of the molecule is C=C1CCC2C3C4OC(C)(C)O[C@@H]4C4CC(=O)CCC4(C)[C@H]3CCC12C. The molecule has 3 heteroatoms. The maximum absolute atomic E-state index is 12.3. The lowest BCUT2D eigenvalue weighted by molar-refractivity contribution is -0.175. The monoisotopic (exact) mass is 358 g/mol. The molecule has 8 atom stereocenters. The van der Waals surface area contributed by atoms with Crippen LogP contribution in [0.15, 0.2) is 12.2 Å². The highest BCUT2D eigenvalue weighted by Gasteiger charge is 2.67. The van der Waals surface area contributed by atoms with Gasteiger partial charge in [0.25, 0.3) is 0 Å². The fourth-order valence-corrected chi connectivity index (χ4v) is 7.88. The predicted octanol–water partition coefficient (Wildman–Crippen LogP) is 4.89. The van der Waals surface area contributed by atoms with Crippen LogP contribution in [0, 0.1) is 34.5 Å². The summed E-state index contributed by atoms with van der Waals surface area (Å²) >= 11 is 0. The molecule has 4 saturated carbocycles. The number of Topliss-reactive ketones (excluding diaryl/α,β-unsaturated/α-hetero) is 1. The van der Waals surface area contributed by atoms with Crippen molar-refractivity contribution in [2.45, 2.75) is 90.6 Å². The van der Waals surface area contributed by atoms with Gasteiger partial charge in [0, 0.05) is 18.8 Å². The summed E-state index contributed by atoms with van der Waals surface area (Å²) < 4.78 is 13.1. The Kier molecular flexibility index (Phi) is 3.50. The Hall–Kier alpha value is -0.670. The van der Waals surface area contributed by atoms with Crippen molar-refractivity contribution in [3.8, 4) is 0 Å². The van der Waals surface area contributed by atoms with Crippen molar-refractivity contribution in [3.05, 3.63) is 12.2 Å². The maximum atomic E-state index is 12.3. The Bertz CT molecular complexity index is 666. The smallest absolute Gasteiger partial charge is 0.163 e. The molecule has 0 spiro atoms. The molecule has 5 rings (SSSR count). The molecule has 5 fully saturated rings. The summed E-state index contributed by atoms with van der Waals surface area (Å²) in [5, 5.41) is 0. The van der Waals surface area contributed by atoms with Crippen molar-refractivity contribution >= 4 is 5.78 Å². The number of hydrogen-bond acceptors (Lipinski definition) is 3. The van der Waals surface area contributed by atoms with Gasteiger partial charge in [-0.05, 0) is 74.5 Å². The lowest BCUT2D eigenvalue weighted by Crippen LogP contribution is -2.62. The van der Waals surface area contributed by atoms with Crippen molar-refractivity contribution < 1.29 is 14.3 Å². The van der Waals surface area contributed by atoms with Crippen LogP contribution in [-0.2, 0) is 14.3 Å². The quantitative estimate of drug-likeness (QED) is 0.578. The Labute approximate surface area is 157 Å². The highest BCUT2D eigenvalue weighted by molar-refractivity contribution is 5.79. The molecule has 26 heavy (non-hydrogen) atoms. The second kappa shape index (κ2) is 5.23. The minimum Gasteiger partial charge on any atom is -0.344 e. The average molecular weight is 359 g/mol. The molecular formula is C23H34O3. The van der Waals surface area contributed by atoms with Crippen LogP contribution in [0.1, 0.15) is 72.6 Å². The van der Waals surface area contributed by atoms with Gasteiger partial charge < -0.3 is 9.47 Å². The summed E-state index contributed by atoms with van der Waals surface area (Å²) in [5.41, 5.74) is 1.95. The number of carbonyl (C=O) groups excluding carboxylic acids is 1. The Morgan fingerprint density at radius 1 is 0.923 bits per heavy atom. The van der Waals surface area contributed by atoms with Gasteiger partial charge in [-0.1, -0.05) is 26.0 Å². The van der Waals surface area contributed by atoms with E-state index in [0.717, 1.165) is 12.8 Å². The van der Waals surface area contributed by atoms with E-state index in [2.05, 4.69) is 34.3 Å². The third kappa shape index (κ3) is 2.11. The van der Waals surface area contributed by atoms with Crippen molar-refractivity contribution in [1.29, 1.82) is 0 Å². The molecule has 0 N–H and O–H groups in total. The highest BCUT2D eigenvalue weighted by atomic mass is 16.8. The molecule has 1 heterocycles. The zero-order valence-electron chi connectivity index (χ0n) is 16.8. The van der Waals surface area contributed by atoms with Gasteiger partial charge in [-0.2, -0.15) is 0 Å². The fraction of sp³-hybridized carbons (Fsp3) is 0.870. The number of ether oxygens (including phenoxy) is 2. The van der Waals surface area contributed by atoms with E-state index in [0.29, 0.717) is 35.9 Å². The number of allylic oxidation sites excluding steroid dienone is 1. The number of ketones is 1. The van der Waals surface area contributed by atoms with Gasteiger partial charge in [0.05, 0.1) is 12.2 Å². The maximum Gasteiger partial charge on any atom is 0.163 e. The summed E-state index contributed by atoms with van der Waals surface area (Å²) in [4.78, 5) is 12.3. The molecule has 0 aromatic carbocycles. The van der Waals surface area contributed by atoms with Crippen LogP contribution in [0.5, 0.6) is 0 Å². The largest absolute Gasteiger partial charge is 0.344 e.